The number of rotatable bonds is 4. The van der Waals surface area contributed by atoms with Gasteiger partial charge in [0, 0.05) is 34.8 Å². The van der Waals surface area contributed by atoms with Gasteiger partial charge in [-0.3, -0.25) is 0 Å². The fraction of sp³-hybridized carbons (Fsp3) is 0.625. The number of anilines is 1. The Morgan fingerprint density at radius 2 is 2.30 bits per heavy atom. The van der Waals surface area contributed by atoms with E-state index in [1.54, 1.807) is 11.3 Å². The van der Waals surface area contributed by atoms with E-state index in [4.69, 9.17) is 9.72 Å². The maximum atomic E-state index is 10.5. The third-order valence-corrected chi connectivity index (χ3v) is 5.65. The Balaban J connectivity index is 1.75. The number of aromatic nitrogens is 2. The summed E-state index contributed by atoms with van der Waals surface area (Å²) in [6, 6.07) is 4.08. The monoisotopic (exact) mass is 353 g/mol. The normalized spacial score (nSPS) is 20.7. The first-order valence-electron chi connectivity index (χ1n) is 7.85. The molecule has 5 nitrogen and oxygen atoms in total. The second-order valence-corrected chi connectivity index (χ2v) is 8.55. The highest BCUT2D eigenvalue weighted by molar-refractivity contribution is 7.10. The molecule has 1 saturated heterocycles. The summed E-state index contributed by atoms with van der Waals surface area (Å²) in [5.41, 5.74) is -0.0486. The number of thiophene rings is 1. The molecule has 2 aromatic heterocycles. The Bertz CT molecular complexity index is 622. The molecule has 3 heterocycles. The zero-order valence-corrected chi connectivity index (χ0v) is 15.4. The van der Waals surface area contributed by atoms with Crippen molar-refractivity contribution >= 4 is 28.0 Å². The fourth-order valence-electron chi connectivity index (χ4n) is 2.59. The highest BCUT2D eigenvalue weighted by atomic mass is 32.1. The summed E-state index contributed by atoms with van der Waals surface area (Å²) in [5, 5.41) is 13.4. The van der Waals surface area contributed by atoms with Crippen molar-refractivity contribution in [3.63, 3.8) is 0 Å². The first-order valence-corrected chi connectivity index (χ1v) is 9.50. The van der Waals surface area contributed by atoms with Gasteiger partial charge in [-0.2, -0.15) is 4.37 Å². The van der Waals surface area contributed by atoms with Gasteiger partial charge in [-0.1, -0.05) is 26.8 Å². The van der Waals surface area contributed by atoms with Crippen molar-refractivity contribution in [1.29, 1.82) is 0 Å². The lowest BCUT2D eigenvalue weighted by molar-refractivity contribution is 0.0688. The Morgan fingerprint density at radius 1 is 1.48 bits per heavy atom. The topological polar surface area (TPSA) is 58.5 Å². The van der Waals surface area contributed by atoms with Gasteiger partial charge in [0.25, 0.3) is 0 Å². The van der Waals surface area contributed by atoms with E-state index in [-0.39, 0.29) is 11.5 Å². The number of aliphatic hydroxyl groups is 1. The van der Waals surface area contributed by atoms with Crippen LogP contribution < -0.4 is 4.90 Å². The van der Waals surface area contributed by atoms with Crippen molar-refractivity contribution < 1.29 is 9.84 Å². The second-order valence-electron chi connectivity index (χ2n) is 6.84. The molecule has 3 rings (SSSR count). The maximum Gasteiger partial charge on any atom is 0.205 e. The average molecular weight is 354 g/mol. The summed E-state index contributed by atoms with van der Waals surface area (Å²) >= 11 is 3.03. The van der Waals surface area contributed by atoms with E-state index >= 15 is 0 Å². The quantitative estimate of drug-likeness (QED) is 0.914. The molecule has 0 saturated carbocycles. The van der Waals surface area contributed by atoms with Crippen molar-refractivity contribution in [3.8, 4) is 0 Å². The van der Waals surface area contributed by atoms with Crippen LogP contribution in [0.4, 0.5) is 5.13 Å². The molecule has 1 fully saturated rings. The number of ether oxygens (including phenoxy) is 1. The van der Waals surface area contributed by atoms with Crippen LogP contribution in [0.5, 0.6) is 0 Å². The van der Waals surface area contributed by atoms with Crippen molar-refractivity contribution in [1.82, 2.24) is 9.36 Å². The van der Waals surface area contributed by atoms with Crippen LogP contribution in [0.3, 0.4) is 0 Å². The summed E-state index contributed by atoms with van der Waals surface area (Å²) in [7, 11) is 0. The van der Waals surface area contributed by atoms with Gasteiger partial charge in [-0.25, -0.2) is 4.98 Å². The number of aliphatic hydroxyl groups excluding tert-OH is 1. The third kappa shape index (κ3) is 3.91. The summed E-state index contributed by atoms with van der Waals surface area (Å²) in [6.45, 7) is 8.46. The van der Waals surface area contributed by atoms with Gasteiger partial charge in [0.15, 0.2) is 0 Å². The van der Waals surface area contributed by atoms with Gasteiger partial charge in [0.05, 0.1) is 25.4 Å². The first-order chi connectivity index (χ1) is 10.9. The van der Waals surface area contributed by atoms with Crippen LogP contribution in [-0.2, 0) is 10.2 Å². The molecule has 0 spiro atoms. The van der Waals surface area contributed by atoms with E-state index in [1.807, 2.05) is 17.5 Å². The van der Waals surface area contributed by atoms with Crippen molar-refractivity contribution in [2.45, 2.75) is 44.8 Å². The van der Waals surface area contributed by atoms with E-state index in [1.165, 1.54) is 11.5 Å². The molecule has 0 aromatic carbocycles. The van der Waals surface area contributed by atoms with Crippen LogP contribution in [0.15, 0.2) is 17.5 Å². The van der Waals surface area contributed by atoms with Gasteiger partial charge in [0.1, 0.15) is 5.82 Å². The van der Waals surface area contributed by atoms with E-state index in [2.05, 4.69) is 30.0 Å². The van der Waals surface area contributed by atoms with Crippen molar-refractivity contribution in [2.24, 2.45) is 0 Å². The minimum atomic E-state index is -0.459. The predicted molar refractivity (Wildman–Crippen MR) is 94.5 cm³/mol. The van der Waals surface area contributed by atoms with E-state index in [0.29, 0.717) is 19.6 Å². The molecule has 2 unspecified atom stereocenters. The van der Waals surface area contributed by atoms with Gasteiger partial charge in [0.2, 0.25) is 5.13 Å². The van der Waals surface area contributed by atoms with Gasteiger partial charge >= 0.3 is 0 Å². The molecular formula is C16H23N3O2S2. The fourth-order valence-corrected chi connectivity index (χ4v) is 4.27. The molecule has 2 aromatic rings. The Labute approximate surface area is 145 Å². The molecule has 1 N–H and O–H groups in total. The molecule has 1 aliphatic heterocycles. The molecule has 23 heavy (non-hydrogen) atoms. The summed E-state index contributed by atoms with van der Waals surface area (Å²) < 4.78 is 10.1. The highest BCUT2D eigenvalue weighted by Crippen LogP contribution is 2.31. The van der Waals surface area contributed by atoms with Crippen molar-refractivity contribution in [2.75, 3.05) is 24.7 Å². The summed E-state index contributed by atoms with van der Waals surface area (Å²) in [5.74, 6) is 0.876. The van der Waals surface area contributed by atoms with Crippen LogP contribution >= 0.6 is 22.9 Å². The summed E-state index contributed by atoms with van der Waals surface area (Å²) in [4.78, 5) is 7.97. The highest BCUT2D eigenvalue weighted by Gasteiger charge is 2.30. The SMILES string of the molecule is CC(C)(C)c1nsc(N2CCOCC2CC(O)c2cccs2)n1. The number of hydrogen-bond acceptors (Lipinski definition) is 7. The molecule has 7 heteroatoms. The first kappa shape index (κ1) is 16.8. The molecule has 1 aliphatic rings. The molecule has 126 valence electrons. The maximum absolute atomic E-state index is 10.5. The van der Waals surface area contributed by atoms with E-state index in [9.17, 15) is 5.11 Å². The standard InChI is InChI=1S/C16H23N3O2S2/c1-16(2,3)14-17-15(23-18-14)19-6-7-21-10-11(19)9-12(20)13-5-4-8-22-13/h4-5,8,11-12,20H,6-7,9-10H2,1-3H3. The zero-order chi connectivity index (χ0) is 16.4. The predicted octanol–water partition coefficient (Wildman–Crippen LogP) is 3.23. The Kier molecular flexibility index (Phi) is 5.01. The van der Waals surface area contributed by atoms with Crippen LogP contribution in [0, 0.1) is 0 Å². The van der Waals surface area contributed by atoms with E-state index in [0.717, 1.165) is 22.4 Å². The van der Waals surface area contributed by atoms with Crippen LogP contribution in [0.25, 0.3) is 0 Å². The average Bonchev–Trinajstić information content (AvgIpc) is 3.19. The zero-order valence-electron chi connectivity index (χ0n) is 13.7. The van der Waals surface area contributed by atoms with Gasteiger partial charge in [-0.05, 0) is 11.4 Å². The Morgan fingerprint density at radius 3 is 2.96 bits per heavy atom. The second kappa shape index (κ2) is 6.84. The number of hydrogen-bond donors (Lipinski definition) is 1. The number of nitrogens with zero attached hydrogens (tertiary/aromatic N) is 3. The molecule has 0 aliphatic carbocycles. The van der Waals surface area contributed by atoms with Gasteiger partial charge < -0.3 is 14.7 Å². The smallest absolute Gasteiger partial charge is 0.205 e. The molecule has 0 radical (unpaired) electrons. The van der Waals surface area contributed by atoms with E-state index < -0.39 is 6.10 Å². The molecular weight excluding hydrogens is 330 g/mol. The molecule has 2 atom stereocenters. The number of morpholine rings is 1. The van der Waals surface area contributed by atoms with Crippen molar-refractivity contribution in [3.05, 3.63) is 28.2 Å². The molecule has 0 bridgehead atoms. The lowest BCUT2D eigenvalue weighted by Gasteiger charge is -2.36. The lowest BCUT2D eigenvalue weighted by atomic mass is 9.96. The third-order valence-electron chi connectivity index (χ3n) is 3.93. The molecule has 0 amide bonds. The largest absolute Gasteiger partial charge is 0.387 e. The summed E-state index contributed by atoms with van der Waals surface area (Å²) in [6.07, 6.45) is 0.185. The Hall–Kier alpha value is -1.02. The van der Waals surface area contributed by atoms with Crippen LogP contribution in [-0.4, -0.2) is 40.3 Å². The minimum Gasteiger partial charge on any atom is -0.387 e. The lowest BCUT2D eigenvalue weighted by Crippen LogP contribution is -2.46. The van der Waals surface area contributed by atoms with Crippen LogP contribution in [0.1, 0.15) is 44.0 Å². The van der Waals surface area contributed by atoms with Gasteiger partial charge in [-0.15, -0.1) is 11.3 Å². The minimum absolute atomic E-state index is 0.0486. The van der Waals surface area contributed by atoms with Crippen LogP contribution in [0.2, 0.25) is 0 Å².